The lowest BCUT2D eigenvalue weighted by Crippen LogP contribution is -2.45. The van der Waals surface area contributed by atoms with Crippen molar-refractivity contribution in [2.24, 2.45) is 5.92 Å². The van der Waals surface area contributed by atoms with E-state index in [1.54, 1.807) is 6.20 Å². The standard InChI is InChI=1S/C20H28N4O/c25-20(16-6-7-19-17(12-16)13-21-23-19)22-18-8-10-24(11-9-18)14-15-4-2-1-3-5-15/h6-7,12-13,15,18H,1-5,8-11,14H2,(H,21,23)(H,22,25). The van der Waals surface area contributed by atoms with E-state index in [-0.39, 0.29) is 5.91 Å². The number of nitrogens with one attached hydrogen (secondary N) is 2. The predicted molar refractivity (Wildman–Crippen MR) is 99.6 cm³/mol. The van der Waals surface area contributed by atoms with Crippen LogP contribution in [0.15, 0.2) is 24.4 Å². The predicted octanol–water partition coefficient (Wildman–Crippen LogP) is 3.34. The Hall–Kier alpha value is -1.88. The molecule has 2 aromatic rings. The monoisotopic (exact) mass is 340 g/mol. The molecule has 2 N–H and O–H groups in total. The number of H-pyrrole nitrogens is 1. The molecule has 0 spiro atoms. The van der Waals surface area contributed by atoms with E-state index >= 15 is 0 Å². The van der Waals surface area contributed by atoms with E-state index < -0.39 is 0 Å². The lowest BCUT2D eigenvalue weighted by molar-refractivity contribution is 0.0901. The van der Waals surface area contributed by atoms with Gasteiger partial charge in [0.15, 0.2) is 0 Å². The molecule has 1 saturated heterocycles. The highest BCUT2D eigenvalue weighted by Gasteiger charge is 2.24. The van der Waals surface area contributed by atoms with Gasteiger partial charge in [0.2, 0.25) is 0 Å². The summed E-state index contributed by atoms with van der Waals surface area (Å²) < 4.78 is 0. The number of aromatic amines is 1. The zero-order valence-electron chi connectivity index (χ0n) is 14.8. The first-order valence-electron chi connectivity index (χ1n) is 9.74. The molecule has 0 unspecified atom stereocenters. The van der Waals surface area contributed by atoms with E-state index in [2.05, 4.69) is 20.4 Å². The Labute approximate surface area is 149 Å². The maximum atomic E-state index is 12.5. The van der Waals surface area contributed by atoms with Gasteiger partial charge in [-0.1, -0.05) is 19.3 Å². The molecule has 0 bridgehead atoms. The highest BCUT2D eigenvalue weighted by molar-refractivity contribution is 5.98. The highest BCUT2D eigenvalue weighted by atomic mass is 16.1. The lowest BCUT2D eigenvalue weighted by atomic mass is 9.88. The summed E-state index contributed by atoms with van der Waals surface area (Å²) in [5.41, 5.74) is 1.69. The number of hydrogen-bond donors (Lipinski definition) is 2. The Balaban J connectivity index is 1.27. The van der Waals surface area contributed by atoms with Crippen molar-refractivity contribution in [3.05, 3.63) is 30.0 Å². The van der Waals surface area contributed by atoms with E-state index in [0.29, 0.717) is 6.04 Å². The molecule has 0 radical (unpaired) electrons. The molecule has 2 aliphatic rings. The third-order valence-corrected chi connectivity index (χ3v) is 5.87. The fourth-order valence-corrected chi connectivity index (χ4v) is 4.35. The van der Waals surface area contributed by atoms with Crippen LogP contribution in [0.5, 0.6) is 0 Å². The third kappa shape index (κ3) is 4.03. The van der Waals surface area contributed by atoms with Crippen LogP contribution in [0.2, 0.25) is 0 Å². The first-order valence-corrected chi connectivity index (χ1v) is 9.74. The summed E-state index contributed by atoms with van der Waals surface area (Å²) in [6, 6.07) is 6.00. The Morgan fingerprint density at radius 1 is 1.16 bits per heavy atom. The number of benzene rings is 1. The molecule has 2 heterocycles. The van der Waals surface area contributed by atoms with Gasteiger partial charge in [-0.25, -0.2) is 0 Å². The summed E-state index contributed by atoms with van der Waals surface area (Å²) in [5, 5.41) is 11.1. The van der Waals surface area contributed by atoms with Gasteiger partial charge >= 0.3 is 0 Å². The zero-order chi connectivity index (χ0) is 17.1. The van der Waals surface area contributed by atoms with Crippen molar-refractivity contribution in [2.75, 3.05) is 19.6 Å². The van der Waals surface area contributed by atoms with Gasteiger partial charge in [0.1, 0.15) is 0 Å². The molecule has 5 heteroatoms. The van der Waals surface area contributed by atoms with Gasteiger partial charge in [-0.15, -0.1) is 0 Å². The van der Waals surface area contributed by atoms with E-state index in [4.69, 9.17) is 0 Å². The van der Waals surface area contributed by atoms with Gasteiger partial charge in [-0.2, -0.15) is 5.10 Å². The van der Waals surface area contributed by atoms with Crippen LogP contribution in [0.1, 0.15) is 55.3 Å². The molecule has 4 rings (SSSR count). The van der Waals surface area contributed by atoms with Crippen molar-refractivity contribution in [3.8, 4) is 0 Å². The number of piperidine rings is 1. The summed E-state index contributed by atoms with van der Waals surface area (Å²) in [6.07, 6.45) is 11.0. The highest BCUT2D eigenvalue weighted by Crippen LogP contribution is 2.25. The lowest BCUT2D eigenvalue weighted by Gasteiger charge is -2.35. The van der Waals surface area contributed by atoms with Gasteiger partial charge in [-0.3, -0.25) is 9.89 Å². The number of fused-ring (bicyclic) bond motifs is 1. The van der Waals surface area contributed by atoms with Crippen LogP contribution in [-0.2, 0) is 0 Å². The van der Waals surface area contributed by atoms with E-state index in [0.717, 1.165) is 48.3 Å². The quantitative estimate of drug-likeness (QED) is 0.897. The SMILES string of the molecule is O=C(NC1CCN(CC2CCCCC2)CC1)c1ccc2[nH]ncc2c1. The van der Waals surface area contributed by atoms with Crippen molar-refractivity contribution in [3.63, 3.8) is 0 Å². The van der Waals surface area contributed by atoms with Gasteiger partial charge in [0.25, 0.3) is 5.91 Å². The minimum Gasteiger partial charge on any atom is -0.349 e. The van der Waals surface area contributed by atoms with Gasteiger partial charge in [-0.05, 0) is 49.8 Å². The molecule has 134 valence electrons. The molecule has 0 atom stereocenters. The maximum Gasteiger partial charge on any atom is 0.251 e. The van der Waals surface area contributed by atoms with Crippen LogP contribution in [0, 0.1) is 5.92 Å². The number of aromatic nitrogens is 2. The second kappa shape index (κ2) is 7.56. The van der Waals surface area contributed by atoms with Crippen LogP contribution in [-0.4, -0.2) is 46.7 Å². The largest absolute Gasteiger partial charge is 0.349 e. The molecule has 1 saturated carbocycles. The zero-order valence-corrected chi connectivity index (χ0v) is 14.8. The van der Waals surface area contributed by atoms with Gasteiger partial charge in [0.05, 0.1) is 11.7 Å². The first kappa shape index (κ1) is 16.6. The maximum absolute atomic E-state index is 12.5. The number of amides is 1. The fourth-order valence-electron chi connectivity index (χ4n) is 4.35. The Morgan fingerprint density at radius 2 is 1.96 bits per heavy atom. The molecular weight excluding hydrogens is 312 g/mol. The van der Waals surface area contributed by atoms with Crippen molar-refractivity contribution in [2.45, 2.75) is 51.0 Å². The molecule has 2 fully saturated rings. The summed E-state index contributed by atoms with van der Waals surface area (Å²) >= 11 is 0. The third-order valence-electron chi connectivity index (χ3n) is 5.87. The van der Waals surface area contributed by atoms with Crippen LogP contribution >= 0.6 is 0 Å². The number of rotatable bonds is 4. The molecule has 5 nitrogen and oxygen atoms in total. The Bertz CT molecular complexity index is 711. The van der Waals surface area contributed by atoms with Crippen LogP contribution in [0.3, 0.4) is 0 Å². The van der Waals surface area contributed by atoms with E-state index in [1.807, 2.05) is 18.2 Å². The Morgan fingerprint density at radius 3 is 2.76 bits per heavy atom. The van der Waals surface area contributed by atoms with E-state index in [9.17, 15) is 4.79 Å². The van der Waals surface area contributed by atoms with Crippen molar-refractivity contribution in [1.29, 1.82) is 0 Å². The smallest absolute Gasteiger partial charge is 0.251 e. The molecule has 1 aromatic carbocycles. The first-order chi connectivity index (χ1) is 12.3. The number of carbonyl (C=O) groups is 1. The van der Waals surface area contributed by atoms with Crippen LogP contribution < -0.4 is 5.32 Å². The van der Waals surface area contributed by atoms with Crippen molar-refractivity contribution in [1.82, 2.24) is 20.4 Å². The number of likely N-dealkylation sites (tertiary alicyclic amines) is 1. The minimum absolute atomic E-state index is 0.0360. The molecule has 1 aliphatic carbocycles. The summed E-state index contributed by atoms with van der Waals surface area (Å²) in [6.45, 7) is 3.49. The normalized spacial score (nSPS) is 20.8. The summed E-state index contributed by atoms with van der Waals surface area (Å²) in [5.74, 6) is 0.940. The fraction of sp³-hybridized carbons (Fsp3) is 0.600. The average molecular weight is 340 g/mol. The number of hydrogen-bond acceptors (Lipinski definition) is 3. The molecule has 1 aromatic heterocycles. The topological polar surface area (TPSA) is 61.0 Å². The van der Waals surface area contributed by atoms with Crippen molar-refractivity contribution < 1.29 is 4.79 Å². The molecule has 1 amide bonds. The molecular formula is C20H28N4O. The molecule has 25 heavy (non-hydrogen) atoms. The van der Waals surface area contributed by atoms with Crippen molar-refractivity contribution >= 4 is 16.8 Å². The van der Waals surface area contributed by atoms with Crippen LogP contribution in [0.25, 0.3) is 10.9 Å². The Kier molecular flexibility index (Phi) is 5.02. The van der Waals surface area contributed by atoms with Gasteiger partial charge in [0, 0.05) is 36.6 Å². The average Bonchev–Trinajstić information content (AvgIpc) is 3.12. The second-order valence-corrected chi connectivity index (χ2v) is 7.72. The second-order valence-electron chi connectivity index (χ2n) is 7.72. The number of carbonyl (C=O) groups excluding carboxylic acids is 1. The molecule has 1 aliphatic heterocycles. The van der Waals surface area contributed by atoms with Gasteiger partial charge < -0.3 is 10.2 Å². The summed E-state index contributed by atoms with van der Waals surface area (Å²) in [7, 11) is 0. The van der Waals surface area contributed by atoms with E-state index in [1.165, 1.54) is 38.6 Å². The number of nitrogens with zero attached hydrogens (tertiary/aromatic N) is 2. The summed E-state index contributed by atoms with van der Waals surface area (Å²) in [4.78, 5) is 15.1. The minimum atomic E-state index is 0.0360. The van der Waals surface area contributed by atoms with Crippen LogP contribution in [0.4, 0.5) is 0 Å².